The number of aliphatic imine (C=N–C) groups is 1. The zero-order valence-electron chi connectivity index (χ0n) is 16.1. The number of nitrogens with zero attached hydrogens (tertiary/aromatic N) is 1. The molecule has 27 heavy (non-hydrogen) atoms. The normalized spacial score (nSPS) is 21.5. The third-order valence-electron chi connectivity index (χ3n) is 4.99. The molecule has 150 valence electrons. The summed E-state index contributed by atoms with van der Waals surface area (Å²) in [6.45, 7) is 2.77. The van der Waals surface area contributed by atoms with Crippen LogP contribution >= 0.6 is 24.0 Å². The van der Waals surface area contributed by atoms with E-state index < -0.39 is 10.8 Å². The molecule has 2 N–H and O–H groups in total. The van der Waals surface area contributed by atoms with Crippen molar-refractivity contribution in [3.05, 3.63) is 36.1 Å². The molecule has 2 aromatic rings. The third-order valence-corrected chi connectivity index (χ3v) is 6.73. The first-order valence-corrected chi connectivity index (χ1v) is 10.9. The Balaban J connectivity index is 0.00000261. The molecule has 0 bridgehead atoms. The first-order valence-electron chi connectivity index (χ1n) is 9.51. The monoisotopic (exact) mass is 503 g/mol. The van der Waals surface area contributed by atoms with Crippen molar-refractivity contribution in [3.63, 3.8) is 0 Å². The van der Waals surface area contributed by atoms with Crippen molar-refractivity contribution in [1.29, 1.82) is 0 Å². The van der Waals surface area contributed by atoms with Crippen molar-refractivity contribution < 1.29 is 8.63 Å². The summed E-state index contributed by atoms with van der Waals surface area (Å²) in [5, 5.41) is 8.33. The molecule has 0 aliphatic heterocycles. The number of guanidine groups is 1. The molecule has 1 heterocycles. The summed E-state index contributed by atoms with van der Waals surface area (Å²) in [7, 11) is 1.09. The van der Waals surface area contributed by atoms with Crippen molar-refractivity contribution in [1.82, 2.24) is 10.6 Å². The topological polar surface area (TPSA) is 66.6 Å². The van der Waals surface area contributed by atoms with Crippen LogP contribution < -0.4 is 10.6 Å². The molecule has 0 saturated heterocycles. The SMILES string of the molecule is CCS(=O)C1CCCC(NC(=NC)NCCc2cc3ccccc3o2)C1.I. The summed E-state index contributed by atoms with van der Waals surface area (Å²) in [5.41, 5.74) is 0.933. The Labute approximate surface area is 181 Å². The average Bonchev–Trinajstić information content (AvgIpc) is 3.09. The lowest BCUT2D eigenvalue weighted by molar-refractivity contribution is 0.413. The minimum absolute atomic E-state index is 0. The molecule has 3 unspecified atom stereocenters. The molecule has 0 radical (unpaired) electrons. The molecule has 7 heteroatoms. The van der Waals surface area contributed by atoms with E-state index in [1.165, 1.54) is 0 Å². The smallest absolute Gasteiger partial charge is 0.191 e. The van der Waals surface area contributed by atoms with Gasteiger partial charge in [0.05, 0.1) is 0 Å². The maximum absolute atomic E-state index is 12.1. The summed E-state index contributed by atoms with van der Waals surface area (Å²) in [6.07, 6.45) is 5.09. The number of benzene rings is 1. The van der Waals surface area contributed by atoms with Gasteiger partial charge in [-0.1, -0.05) is 31.5 Å². The second-order valence-electron chi connectivity index (χ2n) is 6.80. The maximum Gasteiger partial charge on any atom is 0.191 e. The minimum Gasteiger partial charge on any atom is -0.461 e. The van der Waals surface area contributed by atoms with Crippen molar-refractivity contribution >= 4 is 51.7 Å². The molecule has 1 fully saturated rings. The molecule has 1 aliphatic rings. The van der Waals surface area contributed by atoms with Crippen LogP contribution in [-0.2, 0) is 17.2 Å². The van der Waals surface area contributed by atoms with E-state index in [0.717, 1.165) is 67.1 Å². The second-order valence-corrected chi connectivity index (χ2v) is 8.80. The highest BCUT2D eigenvalue weighted by Gasteiger charge is 2.25. The van der Waals surface area contributed by atoms with Gasteiger partial charge < -0.3 is 15.1 Å². The lowest BCUT2D eigenvalue weighted by Gasteiger charge is -2.30. The van der Waals surface area contributed by atoms with E-state index in [4.69, 9.17) is 4.42 Å². The largest absolute Gasteiger partial charge is 0.461 e. The fourth-order valence-corrected chi connectivity index (χ4v) is 4.95. The van der Waals surface area contributed by atoms with Gasteiger partial charge in [-0.05, 0) is 31.4 Å². The zero-order chi connectivity index (χ0) is 18.4. The van der Waals surface area contributed by atoms with E-state index in [1.807, 2.05) is 25.1 Å². The number of halogens is 1. The molecule has 0 amide bonds. The van der Waals surface area contributed by atoms with Crippen LogP contribution in [0.25, 0.3) is 11.0 Å². The predicted molar refractivity (Wildman–Crippen MR) is 125 cm³/mol. The Morgan fingerprint density at radius 1 is 1.33 bits per heavy atom. The fourth-order valence-electron chi connectivity index (χ4n) is 3.60. The number of nitrogens with one attached hydrogen (secondary N) is 2. The quantitative estimate of drug-likeness (QED) is 0.357. The first kappa shape index (κ1) is 22.2. The molecular weight excluding hydrogens is 473 g/mol. The van der Waals surface area contributed by atoms with Gasteiger partial charge in [-0.2, -0.15) is 0 Å². The van der Waals surface area contributed by atoms with Gasteiger partial charge in [0.15, 0.2) is 5.96 Å². The number of rotatable bonds is 6. The number of hydrogen-bond acceptors (Lipinski definition) is 3. The number of hydrogen-bond donors (Lipinski definition) is 2. The summed E-state index contributed by atoms with van der Waals surface area (Å²) in [4.78, 5) is 4.33. The Hall–Kier alpha value is -1.09. The fraction of sp³-hybridized carbons (Fsp3) is 0.550. The van der Waals surface area contributed by atoms with Gasteiger partial charge in [0.25, 0.3) is 0 Å². The lowest BCUT2D eigenvalue weighted by atomic mass is 9.95. The van der Waals surface area contributed by atoms with Crippen molar-refractivity contribution in [2.24, 2.45) is 4.99 Å². The van der Waals surface area contributed by atoms with Crippen LogP contribution in [-0.4, -0.2) is 40.8 Å². The van der Waals surface area contributed by atoms with Crippen LogP contribution in [0.3, 0.4) is 0 Å². The molecule has 1 aromatic heterocycles. The Bertz CT molecular complexity index is 744. The van der Waals surface area contributed by atoms with Gasteiger partial charge in [-0.15, -0.1) is 24.0 Å². The van der Waals surface area contributed by atoms with E-state index in [0.29, 0.717) is 11.3 Å². The number of para-hydroxylation sites is 1. The van der Waals surface area contributed by atoms with Gasteiger partial charge in [0.1, 0.15) is 11.3 Å². The number of fused-ring (bicyclic) bond motifs is 1. The van der Waals surface area contributed by atoms with Crippen LogP contribution in [0.15, 0.2) is 39.7 Å². The van der Waals surface area contributed by atoms with Crippen LogP contribution in [0.4, 0.5) is 0 Å². The summed E-state index contributed by atoms with van der Waals surface area (Å²) < 4.78 is 17.9. The minimum atomic E-state index is -0.702. The van der Waals surface area contributed by atoms with Crippen LogP contribution in [0.5, 0.6) is 0 Å². The van der Waals surface area contributed by atoms with E-state index >= 15 is 0 Å². The summed E-state index contributed by atoms with van der Waals surface area (Å²) >= 11 is 0. The Morgan fingerprint density at radius 2 is 2.15 bits per heavy atom. The van der Waals surface area contributed by atoms with Crippen LogP contribution in [0.1, 0.15) is 38.4 Å². The Kier molecular flexibility index (Phi) is 9.08. The highest BCUT2D eigenvalue weighted by molar-refractivity contribution is 14.0. The van der Waals surface area contributed by atoms with Gasteiger partial charge in [-0.25, -0.2) is 0 Å². The van der Waals surface area contributed by atoms with Crippen molar-refractivity contribution in [2.75, 3.05) is 19.3 Å². The van der Waals surface area contributed by atoms with Crippen molar-refractivity contribution in [3.8, 4) is 0 Å². The molecule has 1 aliphatic carbocycles. The zero-order valence-corrected chi connectivity index (χ0v) is 19.2. The summed E-state index contributed by atoms with van der Waals surface area (Å²) in [6, 6.07) is 10.5. The first-order chi connectivity index (χ1) is 12.7. The Morgan fingerprint density at radius 3 is 2.89 bits per heavy atom. The van der Waals surface area contributed by atoms with Gasteiger partial charge in [-0.3, -0.25) is 9.20 Å². The molecule has 3 atom stereocenters. The highest BCUT2D eigenvalue weighted by Crippen LogP contribution is 2.23. The summed E-state index contributed by atoms with van der Waals surface area (Å²) in [5.74, 6) is 2.54. The lowest BCUT2D eigenvalue weighted by Crippen LogP contribution is -2.47. The maximum atomic E-state index is 12.1. The molecule has 0 spiro atoms. The standard InChI is InChI=1S/C20H29N3O2S.HI/c1-3-26(24)18-9-6-8-16(14-18)23-20(21-2)22-12-11-17-13-15-7-4-5-10-19(15)25-17;/h4-5,7,10,13,16,18H,3,6,8-9,11-12,14H2,1-2H3,(H2,21,22,23);1H. The highest BCUT2D eigenvalue weighted by atomic mass is 127. The van der Waals surface area contributed by atoms with Crippen molar-refractivity contribution in [2.45, 2.75) is 50.3 Å². The molecule has 5 nitrogen and oxygen atoms in total. The third kappa shape index (κ3) is 6.20. The van der Waals surface area contributed by atoms with Crippen LogP contribution in [0, 0.1) is 0 Å². The van der Waals surface area contributed by atoms with Crippen LogP contribution in [0.2, 0.25) is 0 Å². The molecular formula is C20H30IN3O2S. The van der Waals surface area contributed by atoms with E-state index in [2.05, 4.69) is 27.8 Å². The van der Waals surface area contributed by atoms with Gasteiger partial charge >= 0.3 is 0 Å². The molecule has 3 rings (SSSR count). The second kappa shape index (κ2) is 11.0. The van der Waals surface area contributed by atoms with Gasteiger partial charge in [0, 0.05) is 53.2 Å². The van der Waals surface area contributed by atoms with E-state index in [9.17, 15) is 4.21 Å². The predicted octanol–water partition coefficient (Wildman–Crippen LogP) is 3.84. The molecule has 1 aromatic carbocycles. The molecule has 1 saturated carbocycles. The number of furan rings is 1. The average molecular weight is 503 g/mol. The van der Waals surface area contributed by atoms with E-state index in [-0.39, 0.29) is 24.0 Å². The van der Waals surface area contributed by atoms with Gasteiger partial charge in [0.2, 0.25) is 0 Å². The van der Waals surface area contributed by atoms with E-state index in [1.54, 1.807) is 7.05 Å².